The summed E-state index contributed by atoms with van der Waals surface area (Å²) < 4.78 is 4.66. The number of aliphatic hydroxyl groups is 1. The minimum atomic E-state index is -0.770. The van der Waals surface area contributed by atoms with Crippen LogP contribution in [0.2, 0.25) is 10.0 Å². The largest absolute Gasteiger partial charge is 0.513 e. The minimum Gasteiger partial charge on any atom is -0.513 e. The Morgan fingerprint density at radius 3 is 2.78 bits per heavy atom. The summed E-state index contributed by atoms with van der Waals surface area (Å²) in [7, 11) is 0. The van der Waals surface area contributed by atoms with E-state index in [4.69, 9.17) is 28.3 Å². The quantitative estimate of drug-likeness (QED) is 0.393. The number of hydrogen-bond donors (Lipinski definition) is 1. The fourth-order valence-electron chi connectivity index (χ4n) is 0.994. The number of ether oxygens (including phenoxy) is 1. The molecule has 1 rings (SSSR count). The minimum absolute atomic E-state index is 0.174. The van der Waals surface area contributed by atoms with Crippen molar-refractivity contribution in [1.29, 1.82) is 0 Å². The van der Waals surface area contributed by atoms with Crippen LogP contribution in [0.5, 0.6) is 0 Å². The zero-order valence-corrected chi connectivity index (χ0v) is 10.9. The summed E-state index contributed by atoms with van der Waals surface area (Å²) in [5.41, 5.74) is 0.00702. The Hall–Kier alpha value is -1.59. The molecule has 1 aromatic carbocycles. The van der Waals surface area contributed by atoms with Gasteiger partial charge in [0.1, 0.15) is 11.9 Å². The number of carbonyl (C=O) groups is 1. The fourth-order valence-corrected chi connectivity index (χ4v) is 1.44. The molecule has 0 atom stereocenters. The lowest BCUT2D eigenvalue weighted by Gasteiger charge is -2.00. The number of rotatable bonds is 4. The van der Waals surface area contributed by atoms with Gasteiger partial charge in [0.25, 0.3) is 0 Å². The molecule has 0 fully saturated rings. The van der Waals surface area contributed by atoms with Gasteiger partial charge in [0, 0.05) is 5.02 Å². The lowest BCUT2D eigenvalue weighted by molar-refractivity contribution is -0.138. The third-order valence-electron chi connectivity index (χ3n) is 1.78. The Morgan fingerprint density at radius 2 is 2.22 bits per heavy atom. The fraction of sp³-hybridized carbons (Fsp3) is 0.182. The highest BCUT2D eigenvalue weighted by molar-refractivity contribution is 6.36. The van der Waals surface area contributed by atoms with E-state index in [0.29, 0.717) is 17.0 Å². The molecular formula is C11H10Cl2N2O3. The van der Waals surface area contributed by atoms with E-state index in [9.17, 15) is 4.79 Å². The molecule has 5 nitrogen and oxygen atoms in total. The van der Waals surface area contributed by atoms with Crippen LogP contribution in [-0.2, 0) is 9.53 Å². The SMILES string of the molecule is CCOC(=O)C(=CO)N=Nc1ccc(Cl)cc1Cl. The standard InChI is InChI=1S/C11H10Cl2N2O3/c1-2-18-11(17)10(6-16)15-14-9-4-3-7(12)5-8(9)13/h3-6,16H,2H2,1H3. The van der Waals surface area contributed by atoms with Crippen molar-refractivity contribution < 1.29 is 14.6 Å². The Kier molecular flexibility index (Phi) is 5.61. The number of nitrogens with zero attached hydrogens (tertiary/aromatic N) is 2. The first-order valence-corrected chi connectivity index (χ1v) is 5.72. The highest BCUT2D eigenvalue weighted by atomic mass is 35.5. The van der Waals surface area contributed by atoms with Crippen molar-refractivity contribution >= 4 is 34.9 Å². The van der Waals surface area contributed by atoms with Gasteiger partial charge in [-0.1, -0.05) is 23.2 Å². The van der Waals surface area contributed by atoms with Crippen LogP contribution in [0.25, 0.3) is 0 Å². The summed E-state index contributed by atoms with van der Waals surface area (Å²) in [6.45, 7) is 1.81. The Bertz CT molecular complexity index is 501. The molecule has 96 valence electrons. The van der Waals surface area contributed by atoms with E-state index in [1.54, 1.807) is 13.0 Å². The van der Waals surface area contributed by atoms with Crippen molar-refractivity contribution in [2.75, 3.05) is 6.61 Å². The van der Waals surface area contributed by atoms with E-state index in [1.165, 1.54) is 12.1 Å². The summed E-state index contributed by atoms with van der Waals surface area (Å²) in [6.07, 6.45) is 0.519. The Balaban J connectivity index is 2.88. The van der Waals surface area contributed by atoms with Crippen molar-refractivity contribution in [2.24, 2.45) is 10.2 Å². The maximum Gasteiger partial charge on any atom is 0.362 e. The Morgan fingerprint density at radius 1 is 1.50 bits per heavy atom. The van der Waals surface area contributed by atoms with Crippen LogP contribution in [-0.4, -0.2) is 17.7 Å². The monoisotopic (exact) mass is 288 g/mol. The third kappa shape index (κ3) is 4.01. The van der Waals surface area contributed by atoms with Crippen molar-refractivity contribution in [1.82, 2.24) is 0 Å². The van der Waals surface area contributed by atoms with Crippen molar-refractivity contribution in [3.63, 3.8) is 0 Å². The molecule has 0 aliphatic carbocycles. The second-order valence-electron chi connectivity index (χ2n) is 3.03. The first-order valence-electron chi connectivity index (χ1n) is 4.96. The second kappa shape index (κ2) is 6.98. The summed E-state index contributed by atoms with van der Waals surface area (Å²) >= 11 is 11.6. The van der Waals surface area contributed by atoms with Gasteiger partial charge < -0.3 is 9.84 Å². The highest BCUT2D eigenvalue weighted by Crippen LogP contribution is 2.28. The molecule has 1 N–H and O–H groups in total. The average molecular weight is 289 g/mol. The van der Waals surface area contributed by atoms with E-state index < -0.39 is 5.97 Å². The number of hydrogen-bond acceptors (Lipinski definition) is 5. The molecule has 0 spiro atoms. The number of benzene rings is 1. The molecule has 0 radical (unpaired) electrons. The zero-order chi connectivity index (χ0) is 13.5. The predicted molar refractivity (Wildman–Crippen MR) is 68.3 cm³/mol. The first-order chi connectivity index (χ1) is 8.58. The molecule has 1 aromatic rings. The molecule has 0 heterocycles. The molecule has 0 saturated carbocycles. The van der Waals surface area contributed by atoms with Gasteiger partial charge in [0.2, 0.25) is 5.70 Å². The van der Waals surface area contributed by atoms with Crippen LogP contribution >= 0.6 is 23.2 Å². The van der Waals surface area contributed by atoms with Gasteiger partial charge in [-0.25, -0.2) is 4.79 Å². The lowest BCUT2D eigenvalue weighted by atomic mass is 10.3. The van der Waals surface area contributed by atoms with Crippen LogP contribution in [0.15, 0.2) is 40.4 Å². The van der Waals surface area contributed by atoms with Crippen LogP contribution in [0.1, 0.15) is 6.92 Å². The molecule has 0 unspecified atom stereocenters. The highest BCUT2D eigenvalue weighted by Gasteiger charge is 2.10. The lowest BCUT2D eigenvalue weighted by Crippen LogP contribution is -2.05. The summed E-state index contributed by atoms with van der Waals surface area (Å²) in [5, 5.41) is 16.9. The van der Waals surface area contributed by atoms with Gasteiger partial charge in [-0.05, 0) is 25.1 Å². The van der Waals surface area contributed by atoms with Gasteiger partial charge in [-0.3, -0.25) is 0 Å². The predicted octanol–water partition coefficient (Wildman–Crippen LogP) is 4.04. The smallest absolute Gasteiger partial charge is 0.362 e. The van der Waals surface area contributed by atoms with Crippen LogP contribution in [0.4, 0.5) is 5.69 Å². The molecule has 0 aromatic heterocycles. The first kappa shape index (κ1) is 14.5. The van der Waals surface area contributed by atoms with Crippen molar-refractivity contribution in [2.45, 2.75) is 6.92 Å². The molecule has 0 saturated heterocycles. The van der Waals surface area contributed by atoms with E-state index in [2.05, 4.69) is 15.0 Å². The maximum absolute atomic E-state index is 11.3. The topological polar surface area (TPSA) is 71.2 Å². The summed E-state index contributed by atoms with van der Waals surface area (Å²) in [5.74, 6) is -0.770. The van der Waals surface area contributed by atoms with E-state index in [0.717, 1.165) is 0 Å². The average Bonchev–Trinajstić information content (AvgIpc) is 2.32. The van der Waals surface area contributed by atoms with Crippen LogP contribution in [0.3, 0.4) is 0 Å². The van der Waals surface area contributed by atoms with Crippen LogP contribution in [0, 0.1) is 0 Å². The maximum atomic E-state index is 11.3. The van der Waals surface area contributed by atoms with Gasteiger partial charge in [0.05, 0.1) is 11.6 Å². The summed E-state index contributed by atoms with van der Waals surface area (Å²) in [6, 6.07) is 4.60. The van der Waals surface area contributed by atoms with Gasteiger partial charge in [0.15, 0.2) is 0 Å². The Labute approximate surface area is 114 Å². The van der Waals surface area contributed by atoms with E-state index in [1.807, 2.05) is 0 Å². The van der Waals surface area contributed by atoms with Crippen molar-refractivity contribution in [3.05, 3.63) is 40.2 Å². The van der Waals surface area contributed by atoms with E-state index >= 15 is 0 Å². The summed E-state index contributed by atoms with van der Waals surface area (Å²) in [4.78, 5) is 11.3. The molecule has 0 amide bonds. The number of esters is 1. The molecule has 0 aliphatic rings. The number of aliphatic hydroxyl groups excluding tert-OH is 1. The zero-order valence-electron chi connectivity index (χ0n) is 9.43. The van der Waals surface area contributed by atoms with E-state index in [-0.39, 0.29) is 17.3 Å². The number of halogens is 2. The normalized spacial score (nSPS) is 11.8. The molecule has 0 aliphatic heterocycles. The van der Waals surface area contributed by atoms with Crippen molar-refractivity contribution in [3.8, 4) is 0 Å². The molecule has 7 heteroatoms. The van der Waals surface area contributed by atoms with Gasteiger partial charge in [-0.15, -0.1) is 10.2 Å². The third-order valence-corrected chi connectivity index (χ3v) is 2.32. The van der Waals surface area contributed by atoms with Gasteiger partial charge in [-0.2, -0.15) is 0 Å². The molecule has 18 heavy (non-hydrogen) atoms. The van der Waals surface area contributed by atoms with Gasteiger partial charge >= 0.3 is 5.97 Å². The number of azo groups is 1. The molecular weight excluding hydrogens is 279 g/mol. The van der Waals surface area contributed by atoms with Crippen LogP contribution < -0.4 is 0 Å². The molecule has 0 bridgehead atoms. The second-order valence-corrected chi connectivity index (χ2v) is 3.87. The number of carbonyl (C=O) groups excluding carboxylic acids is 1.